The van der Waals surface area contributed by atoms with Crippen LogP contribution < -0.4 is 16.0 Å². The summed E-state index contributed by atoms with van der Waals surface area (Å²) in [7, 11) is -6.97. The molecule has 0 unspecified atom stereocenters. The summed E-state index contributed by atoms with van der Waals surface area (Å²) in [5.74, 6) is 5.24. The molecule has 2 rings (SSSR count). The summed E-state index contributed by atoms with van der Waals surface area (Å²) >= 11 is 1.27. The van der Waals surface area contributed by atoms with Crippen molar-refractivity contribution in [1.82, 2.24) is 14.1 Å². The molecule has 0 aliphatic carbocycles. The second-order valence-corrected chi connectivity index (χ2v) is 9.16. The second-order valence-electron chi connectivity index (χ2n) is 4.35. The van der Waals surface area contributed by atoms with Crippen LogP contribution in [0.15, 0.2) is 16.6 Å². The second kappa shape index (κ2) is 5.88. The maximum absolute atomic E-state index is 12.3. The number of nitrogens with zero attached hydrogens (tertiary/aromatic N) is 2. The van der Waals surface area contributed by atoms with Crippen molar-refractivity contribution in [2.75, 3.05) is 24.0 Å². The van der Waals surface area contributed by atoms with Crippen LogP contribution in [0.25, 0.3) is 4.96 Å². The zero-order chi connectivity index (χ0) is 15.7. The van der Waals surface area contributed by atoms with Crippen molar-refractivity contribution < 1.29 is 16.8 Å². The van der Waals surface area contributed by atoms with Crippen LogP contribution in [0.2, 0.25) is 0 Å². The van der Waals surface area contributed by atoms with E-state index in [-0.39, 0.29) is 29.6 Å². The van der Waals surface area contributed by atoms with Gasteiger partial charge in [0, 0.05) is 24.4 Å². The number of nitrogens with one attached hydrogen (secondary N) is 2. The lowest BCUT2D eigenvalue weighted by Crippen LogP contribution is -2.28. The Morgan fingerprint density at radius 3 is 2.71 bits per heavy atom. The zero-order valence-corrected chi connectivity index (χ0v) is 13.6. The van der Waals surface area contributed by atoms with Gasteiger partial charge in [-0.15, -0.1) is 11.3 Å². The normalized spacial score (nSPS) is 12.9. The number of aromatic nitrogens is 2. The minimum absolute atomic E-state index is 0.0107. The van der Waals surface area contributed by atoms with Gasteiger partial charge in [-0.25, -0.2) is 27.4 Å². The Labute approximate surface area is 126 Å². The first-order valence-electron chi connectivity index (χ1n) is 5.84. The fourth-order valence-corrected chi connectivity index (χ4v) is 4.48. The van der Waals surface area contributed by atoms with Gasteiger partial charge >= 0.3 is 0 Å². The van der Waals surface area contributed by atoms with Crippen LogP contribution in [0.5, 0.6) is 0 Å². The van der Waals surface area contributed by atoms with E-state index in [4.69, 9.17) is 5.84 Å². The molecule has 0 spiro atoms. The van der Waals surface area contributed by atoms with E-state index in [1.807, 2.05) is 0 Å². The number of hydrogen-bond acceptors (Lipinski definition) is 8. The molecule has 9 nitrogen and oxygen atoms in total. The molecule has 2 heterocycles. The average molecular weight is 353 g/mol. The highest BCUT2D eigenvalue weighted by Crippen LogP contribution is 2.24. The van der Waals surface area contributed by atoms with Gasteiger partial charge in [-0.1, -0.05) is 0 Å². The number of hydrogen-bond donors (Lipinski definition) is 3. The predicted octanol–water partition coefficient (Wildman–Crippen LogP) is -0.606. The third-order valence-electron chi connectivity index (χ3n) is 2.59. The van der Waals surface area contributed by atoms with Crippen molar-refractivity contribution in [2.45, 2.75) is 11.4 Å². The van der Waals surface area contributed by atoms with Crippen molar-refractivity contribution in [3.63, 3.8) is 0 Å². The van der Waals surface area contributed by atoms with Crippen LogP contribution in [-0.4, -0.2) is 44.8 Å². The molecular weight excluding hydrogens is 338 g/mol. The monoisotopic (exact) mass is 353 g/mol. The summed E-state index contributed by atoms with van der Waals surface area (Å²) in [6.07, 6.45) is 2.86. The number of imidazole rings is 1. The van der Waals surface area contributed by atoms with Crippen LogP contribution in [0.1, 0.15) is 6.42 Å². The Kier molecular flexibility index (Phi) is 4.53. The van der Waals surface area contributed by atoms with E-state index in [9.17, 15) is 16.8 Å². The Bertz CT molecular complexity index is 836. The lowest BCUT2D eigenvalue weighted by atomic mass is 10.5. The number of fused-ring (bicyclic) bond motifs is 1. The Morgan fingerprint density at radius 2 is 2.10 bits per heavy atom. The van der Waals surface area contributed by atoms with E-state index in [1.165, 1.54) is 15.7 Å². The third-order valence-corrected chi connectivity index (χ3v) is 5.86. The smallest absolute Gasteiger partial charge is 0.260 e. The molecular formula is C9H15N5O4S3. The largest absolute Gasteiger partial charge is 0.306 e. The Balaban J connectivity index is 2.19. The fourth-order valence-electron chi connectivity index (χ4n) is 1.73. The minimum atomic E-state index is -3.85. The van der Waals surface area contributed by atoms with Gasteiger partial charge in [-0.3, -0.25) is 4.40 Å². The quantitative estimate of drug-likeness (QED) is 0.343. The van der Waals surface area contributed by atoms with Crippen molar-refractivity contribution >= 4 is 42.0 Å². The van der Waals surface area contributed by atoms with E-state index in [2.05, 4.69) is 15.1 Å². The number of sulfone groups is 1. The molecule has 0 fully saturated rings. The van der Waals surface area contributed by atoms with Crippen molar-refractivity contribution in [2.24, 2.45) is 5.84 Å². The standard InChI is InChI=1S/C9H15N5O4S3/c1-20(15,16)6-2-3-11-21(17,18)8-7(13-10)12-9-14(8)4-5-19-9/h4-5,11,13H,2-3,6,10H2,1H3. The molecule has 0 amide bonds. The molecule has 21 heavy (non-hydrogen) atoms. The van der Waals surface area contributed by atoms with Gasteiger partial charge in [-0.2, -0.15) is 4.98 Å². The van der Waals surface area contributed by atoms with E-state index >= 15 is 0 Å². The first-order valence-corrected chi connectivity index (χ1v) is 10.3. The van der Waals surface area contributed by atoms with Crippen LogP contribution in [0.3, 0.4) is 0 Å². The van der Waals surface area contributed by atoms with E-state index in [0.717, 1.165) is 6.26 Å². The van der Waals surface area contributed by atoms with Gasteiger partial charge in [0.05, 0.1) is 5.75 Å². The number of anilines is 1. The molecule has 0 radical (unpaired) electrons. The van der Waals surface area contributed by atoms with Gasteiger partial charge in [0.2, 0.25) is 5.03 Å². The highest BCUT2D eigenvalue weighted by Gasteiger charge is 2.25. The number of rotatable bonds is 7. The molecule has 4 N–H and O–H groups in total. The van der Waals surface area contributed by atoms with Crippen LogP contribution in [0, 0.1) is 0 Å². The summed E-state index contributed by atoms with van der Waals surface area (Å²) in [6, 6.07) is 0. The average Bonchev–Trinajstić information content (AvgIpc) is 2.92. The molecule has 2 aromatic rings. The molecule has 118 valence electrons. The molecule has 0 bridgehead atoms. The SMILES string of the molecule is CS(=O)(=O)CCCNS(=O)(=O)c1c(NN)nc2sccn12. The van der Waals surface area contributed by atoms with Gasteiger partial charge in [0.1, 0.15) is 9.84 Å². The summed E-state index contributed by atoms with van der Waals surface area (Å²) < 4.78 is 50.4. The van der Waals surface area contributed by atoms with Crippen molar-refractivity contribution in [3.8, 4) is 0 Å². The van der Waals surface area contributed by atoms with E-state index in [1.54, 1.807) is 11.6 Å². The molecule has 0 saturated heterocycles. The maximum atomic E-state index is 12.3. The first-order chi connectivity index (χ1) is 9.74. The molecule has 0 atom stereocenters. The highest BCUT2D eigenvalue weighted by atomic mass is 32.2. The molecule has 0 aliphatic heterocycles. The summed E-state index contributed by atoms with van der Waals surface area (Å²) in [5, 5.41) is 1.60. The predicted molar refractivity (Wildman–Crippen MR) is 80.4 cm³/mol. The number of nitrogens with two attached hydrogens (primary N) is 1. The lowest BCUT2D eigenvalue weighted by molar-refractivity contribution is 0.573. The molecule has 0 saturated carbocycles. The van der Waals surface area contributed by atoms with Crippen molar-refractivity contribution in [3.05, 3.63) is 11.6 Å². The maximum Gasteiger partial charge on any atom is 0.260 e. The number of nitrogen functional groups attached to an aromatic ring is 1. The van der Waals surface area contributed by atoms with Gasteiger partial charge in [0.25, 0.3) is 10.0 Å². The van der Waals surface area contributed by atoms with Crippen molar-refractivity contribution in [1.29, 1.82) is 0 Å². The summed E-state index contributed by atoms with van der Waals surface area (Å²) in [4.78, 5) is 4.54. The van der Waals surface area contributed by atoms with Gasteiger partial charge < -0.3 is 5.43 Å². The van der Waals surface area contributed by atoms with Gasteiger partial charge in [0.15, 0.2) is 10.8 Å². The molecule has 0 aliphatic rings. The number of hydrazine groups is 1. The number of thiazole rings is 1. The van der Waals surface area contributed by atoms with E-state index in [0.29, 0.717) is 4.96 Å². The zero-order valence-electron chi connectivity index (χ0n) is 11.1. The lowest BCUT2D eigenvalue weighted by Gasteiger charge is -2.07. The third kappa shape index (κ3) is 3.71. The van der Waals surface area contributed by atoms with Crippen LogP contribution in [-0.2, 0) is 19.9 Å². The summed E-state index contributed by atoms with van der Waals surface area (Å²) in [6.45, 7) is 0.0107. The fraction of sp³-hybridized carbons (Fsp3) is 0.444. The molecule has 12 heteroatoms. The Hall–Kier alpha value is -1.21. The van der Waals surface area contributed by atoms with E-state index < -0.39 is 19.9 Å². The Morgan fingerprint density at radius 1 is 1.38 bits per heavy atom. The molecule has 0 aromatic carbocycles. The minimum Gasteiger partial charge on any atom is -0.306 e. The van der Waals surface area contributed by atoms with Crippen LogP contribution >= 0.6 is 11.3 Å². The van der Waals surface area contributed by atoms with Crippen LogP contribution in [0.4, 0.5) is 5.82 Å². The number of sulfonamides is 1. The van der Waals surface area contributed by atoms with Gasteiger partial charge in [-0.05, 0) is 6.42 Å². The molecule has 2 aromatic heterocycles. The summed E-state index contributed by atoms with van der Waals surface area (Å²) in [5.41, 5.74) is 2.25. The topological polar surface area (TPSA) is 136 Å². The highest BCUT2D eigenvalue weighted by molar-refractivity contribution is 7.90. The first kappa shape index (κ1) is 16.2.